The van der Waals surface area contributed by atoms with Crippen LogP contribution in [0.15, 0.2) is 54.7 Å². The van der Waals surface area contributed by atoms with Crippen LogP contribution in [-0.4, -0.2) is 9.97 Å². The second kappa shape index (κ2) is 7.51. The molecule has 0 unspecified atom stereocenters. The molecule has 2 N–H and O–H groups in total. The minimum absolute atomic E-state index is 0.540. The smallest absolute Gasteiger partial charge is 0.224 e. The van der Waals surface area contributed by atoms with Crippen LogP contribution in [0.4, 0.5) is 17.5 Å². The first-order valence-corrected chi connectivity index (χ1v) is 8.20. The van der Waals surface area contributed by atoms with Gasteiger partial charge in [0.25, 0.3) is 0 Å². The van der Waals surface area contributed by atoms with Crippen molar-refractivity contribution in [1.82, 2.24) is 9.97 Å². The molecule has 2 aromatic carbocycles. The average molecular weight is 359 g/mol. The summed E-state index contributed by atoms with van der Waals surface area (Å²) in [5.41, 5.74) is 3.10. The molecule has 0 amide bonds. The summed E-state index contributed by atoms with van der Waals surface area (Å²) >= 11 is 12.2. The zero-order valence-corrected chi connectivity index (χ0v) is 14.6. The van der Waals surface area contributed by atoms with E-state index in [2.05, 4.69) is 51.8 Å². The lowest BCUT2D eigenvalue weighted by Crippen LogP contribution is -2.05. The molecule has 122 valence electrons. The summed E-state index contributed by atoms with van der Waals surface area (Å²) in [6.07, 6.45) is 1.69. The molecule has 3 rings (SSSR count). The minimum atomic E-state index is 0.540. The number of halogens is 2. The van der Waals surface area contributed by atoms with Crippen molar-refractivity contribution in [2.24, 2.45) is 0 Å². The van der Waals surface area contributed by atoms with E-state index in [9.17, 15) is 0 Å². The summed E-state index contributed by atoms with van der Waals surface area (Å²) < 4.78 is 0. The average Bonchev–Trinajstić information content (AvgIpc) is 2.58. The predicted octanol–water partition coefficient (Wildman–Crippen LogP) is 5.45. The molecule has 0 saturated heterocycles. The Bertz CT molecular complexity index is 835. The Hall–Kier alpha value is -2.30. The molecule has 1 aromatic heterocycles. The van der Waals surface area contributed by atoms with Gasteiger partial charge in [0.15, 0.2) is 0 Å². The number of hydrogen-bond donors (Lipinski definition) is 2. The van der Waals surface area contributed by atoms with Gasteiger partial charge >= 0.3 is 0 Å². The molecule has 0 saturated carbocycles. The third-order valence-electron chi connectivity index (χ3n) is 3.42. The molecule has 0 aliphatic heterocycles. The number of benzene rings is 2. The van der Waals surface area contributed by atoms with Crippen LogP contribution in [-0.2, 0) is 6.54 Å². The quantitative estimate of drug-likeness (QED) is 0.636. The number of rotatable bonds is 5. The van der Waals surface area contributed by atoms with Crippen molar-refractivity contribution in [2.45, 2.75) is 13.5 Å². The van der Waals surface area contributed by atoms with E-state index in [1.54, 1.807) is 30.5 Å². The molecule has 0 spiro atoms. The highest BCUT2D eigenvalue weighted by molar-refractivity contribution is 6.35. The van der Waals surface area contributed by atoms with Crippen molar-refractivity contribution in [1.29, 1.82) is 0 Å². The van der Waals surface area contributed by atoms with Crippen LogP contribution in [0.25, 0.3) is 0 Å². The number of nitrogens with one attached hydrogen (secondary N) is 2. The highest BCUT2D eigenvalue weighted by atomic mass is 35.5. The third kappa shape index (κ3) is 4.37. The maximum atomic E-state index is 6.16. The molecule has 0 aliphatic carbocycles. The van der Waals surface area contributed by atoms with Crippen molar-refractivity contribution in [3.63, 3.8) is 0 Å². The Morgan fingerprint density at radius 1 is 1.00 bits per heavy atom. The van der Waals surface area contributed by atoms with E-state index in [1.807, 2.05) is 0 Å². The Balaban J connectivity index is 1.69. The molecule has 0 atom stereocenters. The Kier molecular flexibility index (Phi) is 5.18. The predicted molar refractivity (Wildman–Crippen MR) is 100 cm³/mol. The van der Waals surface area contributed by atoms with Crippen LogP contribution in [0, 0.1) is 6.92 Å². The minimum Gasteiger partial charge on any atom is -0.350 e. The summed E-state index contributed by atoms with van der Waals surface area (Å²) in [6.45, 7) is 2.72. The standard InChI is InChI=1S/C18H16Cl2N4/c1-12-2-4-13(5-3-12)11-22-18-21-9-8-17(24-18)23-16-10-14(19)6-7-15(16)20/h2-10H,11H2,1H3,(H2,21,22,23,24). The van der Waals surface area contributed by atoms with Crippen LogP contribution in [0.2, 0.25) is 10.0 Å². The number of hydrogen-bond acceptors (Lipinski definition) is 4. The van der Waals surface area contributed by atoms with Crippen molar-refractivity contribution >= 4 is 40.7 Å². The number of aryl methyl sites for hydroxylation is 1. The topological polar surface area (TPSA) is 49.8 Å². The van der Waals surface area contributed by atoms with E-state index in [0.717, 1.165) is 0 Å². The van der Waals surface area contributed by atoms with Gasteiger partial charge in [-0.2, -0.15) is 4.98 Å². The maximum absolute atomic E-state index is 6.16. The second-order valence-electron chi connectivity index (χ2n) is 5.35. The van der Waals surface area contributed by atoms with Crippen LogP contribution in [0.1, 0.15) is 11.1 Å². The van der Waals surface area contributed by atoms with Gasteiger partial charge in [0.1, 0.15) is 5.82 Å². The summed E-state index contributed by atoms with van der Waals surface area (Å²) in [6, 6.07) is 15.3. The largest absolute Gasteiger partial charge is 0.350 e. The fourth-order valence-electron chi connectivity index (χ4n) is 2.13. The van der Waals surface area contributed by atoms with Crippen LogP contribution in [0.3, 0.4) is 0 Å². The fraction of sp³-hybridized carbons (Fsp3) is 0.111. The molecular weight excluding hydrogens is 343 g/mol. The molecule has 4 nitrogen and oxygen atoms in total. The van der Waals surface area contributed by atoms with E-state index in [1.165, 1.54) is 11.1 Å². The van der Waals surface area contributed by atoms with Crippen LogP contribution < -0.4 is 10.6 Å². The molecule has 0 radical (unpaired) electrons. The van der Waals surface area contributed by atoms with Crippen molar-refractivity contribution < 1.29 is 0 Å². The van der Waals surface area contributed by atoms with Crippen LogP contribution in [0.5, 0.6) is 0 Å². The van der Waals surface area contributed by atoms with Crippen molar-refractivity contribution in [2.75, 3.05) is 10.6 Å². The zero-order chi connectivity index (χ0) is 16.9. The molecule has 3 aromatic rings. The highest BCUT2D eigenvalue weighted by Gasteiger charge is 2.04. The van der Waals surface area contributed by atoms with Gasteiger partial charge in [-0.25, -0.2) is 4.98 Å². The van der Waals surface area contributed by atoms with Gasteiger partial charge < -0.3 is 10.6 Å². The van der Waals surface area contributed by atoms with Crippen LogP contribution >= 0.6 is 23.2 Å². The lowest BCUT2D eigenvalue weighted by atomic mass is 10.1. The summed E-state index contributed by atoms with van der Waals surface area (Å²) in [5, 5.41) is 7.54. The van der Waals surface area contributed by atoms with Gasteiger partial charge in [-0.3, -0.25) is 0 Å². The van der Waals surface area contributed by atoms with Gasteiger partial charge in [-0.05, 0) is 36.8 Å². The van der Waals surface area contributed by atoms with Gasteiger partial charge in [0.2, 0.25) is 5.95 Å². The van der Waals surface area contributed by atoms with Gasteiger partial charge in [0.05, 0.1) is 10.7 Å². The van der Waals surface area contributed by atoms with Gasteiger partial charge in [-0.15, -0.1) is 0 Å². The number of aromatic nitrogens is 2. The third-order valence-corrected chi connectivity index (χ3v) is 3.98. The van der Waals surface area contributed by atoms with Crippen molar-refractivity contribution in [3.8, 4) is 0 Å². The molecular formula is C18H16Cl2N4. The summed E-state index contributed by atoms with van der Waals surface area (Å²) in [5.74, 6) is 1.18. The number of anilines is 3. The lowest BCUT2D eigenvalue weighted by Gasteiger charge is -2.10. The highest BCUT2D eigenvalue weighted by Crippen LogP contribution is 2.27. The van der Waals surface area contributed by atoms with Gasteiger partial charge in [-0.1, -0.05) is 53.0 Å². The Morgan fingerprint density at radius 2 is 1.79 bits per heavy atom. The maximum Gasteiger partial charge on any atom is 0.224 e. The summed E-state index contributed by atoms with van der Waals surface area (Å²) in [4.78, 5) is 8.67. The van der Waals surface area contributed by atoms with E-state index >= 15 is 0 Å². The molecule has 0 aliphatic rings. The van der Waals surface area contributed by atoms with E-state index < -0.39 is 0 Å². The monoisotopic (exact) mass is 358 g/mol. The molecule has 0 fully saturated rings. The van der Waals surface area contributed by atoms with Crippen molar-refractivity contribution in [3.05, 3.63) is 75.9 Å². The molecule has 1 heterocycles. The molecule has 24 heavy (non-hydrogen) atoms. The number of nitrogens with zero attached hydrogens (tertiary/aromatic N) is 2. The normalized spacial score (nSPS) is 10.5. The molecule has 0 bridgehead atoms. The second-order valence-corrected chi connectivity index (χ2v) is 6.20. The first-order valence-electron chi connectivity index (χ1n) is 7.45. The first kappa shape index (κ1) is 16.6. The first-order chi connectivity index (χ1) is 11.6. The zero-order valence-electron chi connectivity index (χ0n) is 13.1. The Labute approximate surface area is 150 Å². The lowest BCUT2D eigenvalue weighted by molar-refractivity contribution is 1.05. The fourth-order valence-corrected chi connectivity index (χ4v) is 2.47. The van der Waals surface area contributed by atoms with Gasteiger partial charge in [0, 0.05) is 17.8 Å². The Morgan fingerprint density at radius 3 is 2.58 bits per heavy atom. The van der Waals surface area contributed by atoms with E-state index in [0.29, 0.717) is 34.0 Å². The summed E-state index contributed by atoms with van der Waals surface area (Å²) in [7, 11) is 0. The molecule has 6 heteroatoms. The van der Waals surface area contributed by atoms with E-state index in [-0.39, 0.29) is 0 Å². The SMILES string of the molecule is Cc1ccc(CNc2nccc(Nc3cc(Cl)ccc3Cl)n2)cc1. The van der Waals surface area contributed by atoms with E-state index in [4.69, 9.17) is 23.2 Å².